The number of Topliss-reactive ketones (excluding diaryl/α,β-unsaturated/α-hetero) is 1. The van der Waals surface area contributed by atoms with Gasteiger partial charge in [0.2, 0.25) is 11.7 Å². The van der Waals surface area contributed by atoms with Gasteiger partial charge in [0.15, 0.2) is 11.0 Å². The largest absolute Gasteiger partial charge is 0.452 e. The van der Waals surface area contributed by atoms with Gasteiger partial charge in [0.05, 0.1) is 5.69 Å². The number of benzene rings is 2. The minimum absolute atomic E-state index is 0.0940. The van der Waals surface area contributed by atoms with Gasteiger partial charge in [0.1, 0.15) is 0 Å². The maximum absolute atomic E-state index is 13.1. The van der Waals surface area contributed by atoms with Crippen LogP contribution in [0.2, 0.25) is 0 Å². The zero-order valence-corrected chi connectivity index (χ0v) is 16.6. The van der Waals surface area contributed by atoms with Crippen molar-refractivity contribution < 1.29 is 19.1 Å². The number of rotatable bonds is 5. The molecule has 0 bridgehead atoms. The summed E-state index contributed by atoms with van der Waals surface area (Å²) in [6.07, 6.45) is 0.632. The van der Waals surface area contributed by atoms with E-state index in [4.69, 9.17) is 4.74 Å². The summed E-state index contributed by atoms with van der Waals surface area (Å²) in [5, 5.41) is 0. The first-order chi connectivity index (χ1) is 13.5. The number of aryl methyl sites for hydroxylation is 1. The lowest BCUT2D eigenvalue weighted by Crippen LogP contribution is -2.49. The van der Waals surface area contributed by atoms with Gasteiger partial charge in [-0.25, -0.2) is 4.79 Å². The van der Waals surface area contributed by atoms with Gasteiger partial charge in [-0.15, -0.1) is 0 Å². The van der Waals surface area contributed by atoms with Crippen LogP contribution in [0.5, 0.6) is 0 Å². The fourth-order valence-corrected chi connectivity index (χ4v) is 5.12. The van der Waals surface area contributed by atoms with Gasteiger partial charge in [-0.1, -0.05) is 55.1 Å². The van der Waals surface area contributed by atoms with Crippen molar-refractivity contribution in [2.75, 3.05) is 4.90 Å². The van der Waals surface area contributed by atoms with Gasteiger partial charge in [0, 0.05) is 23.3 Å². The number of carbonyl (C=O) groups excluding carboxylic acids is 3. The lowest BCUT2D eigenvalue weighted by molar-refractivity contribution is -0.149. The third-order valence-electron chi connectivity index (χ3n) is 5.29. The second kappa shape index (κ2) is 7.09. The quantitative estimate of drug-likeness (QED) is 0.566. The van der Waals surface area contributed by atoms with Gasteiger partial charge in [-0.3, -0.25) is 14.5 Å². The van der Waals surface area contributed by atoms with Crippen molar-refractivity contribution in [3.05, 3.63) is 59.7 Å². The molecule has 1 saturated heterocycles. The first-order valence-corrected chi connectivity index (χ1v) is 10.2. The number of hydrogen-bond donors (Lipinski definition) is 0. The Kier molecular flexibility index (Phi) is 4.75. The number of fused-ring (bicyclic) bond motifs is 3. The second-order valence-corrected chi connectivity index (χ2v) is 8.36. The minimum atomic E-state index is -1.11. The molecule has 0 aromatic heterocycles. The molecule has 0 spiro atoms. The number of thioether (sulfide) groups is 1. The molecule has 2 unspecified atom stereocenters. The SMILES string of the molecule is CCc1ccc(C(=O)C(C)OC(=O)C23CCC(=O)N2c2ccccc2S3)cc1. The van der Waals surface area contributed by atoms with E-state index >= 15 is 0 Å². The fraction of sp³-hybridized carbons (Fsp3) is 0.318. The molecule has 2 aliphatic rings. The Bertz CT molecular complexity index is 955. The van der Waals surface area contributed by atoms with E-state index in [9.17, 15) is 14.4 Å². The van der Waals surface area contributed by atoms with E-state index in [1.54, 1.807) is 24.0 Å². The number of ketones is 1. The van der Waals surface area contributed by atoms with Crippen molar-refractivity contribution in [3.63, 3.8) is 0 Å². The van der Waals surface area contributed by atoms with Crippen molar-refractivity contribution in [2.24, 2.45) is 0 Å². The smallest absolute Gasteiger partial charge is 0.344 e. The predicted molar refractivity (Wildman–Crippen MR) is 107 cm³/mol. The molecule has 0 N–H and O–H groups in total. The van der Waals surface area contributed by atoms with E-state index in [1.807, 2.05) is 43.3 Å². The van der Waals surface area contributed by atoms with Crippen LogP contribution in [0, 0.1) is 0 Å². The Labute approximate surface area is 168 Å². The van der Waals surface area contributed by atoms with Gasteiger partial charge in [-0.2, -0.15) is 0 Å². The molecular formula is C22H21NO4S. The average molecular weight is 395 g/mol. The highest BCUT2D eigenvalue weighted by atomic mass is 32.2. The molecule has 144 valence electrons. The van der Waals surface area contributed by atoms with Crippen LogP contribution in [0.3, 0.4) is 0 Å². The summed E-state index contributed by atoms with van der Waals surface area (Å²) in [4.78, 5) is 39.6. The normalized spacial score (nSPS) is 21.2. The van der Waals surface area contributed by atoms with Crippen molar-refractivity contribution in [3.8, 4) is 0 Å². The Morgan fingerprint density at radius 3 is 2.61 bits per heavy atom. The number of hydrogen-bond acceptors (Lipinski definition) is 5. The molecule has 1 amide bonds. The van der Waals surface area contributed by atoms with Crippen molar-refractivity contribution in [2.45, 2.75) is 49.0 Å². The van der Waals surface area contributed by atoms with E-state index in [0.717, 1.165) is 22.6 Å². The van der Waals surface area contributed by atoms with E-state index in [0.29, 0.717) is 12.0 Å². The summed E-state index contributed by atoms with van der Waals surface area (Å²) in [6.45, 7) is 3.63. The van der Waals surface area contributed by atoms with E-state index < -0.39 is 16.9 Å². The van der Waals surface area contributed by atoms with Gasteiger partial charge < -0.3 is 4.74 Å². The number of para-hydroxylation sites is 1. The second-order valence-electron chi connectivity index (χ2n) is 7.05. The maximum atomic E-state index is 13.1. The molecule has 5 nitrogen and oxygen atoms in total. The topological polar surface area (TPSA) is 63.7 Å². The zero-order valence-electron chi connectivity index (χ0n) is 15.8. The van der Waals surface area contributed by atoms with E-state index in [1.165, 1.54) is 11.8 Å². The number of nitrogens with zero attached hydrogens (tertiary/aromatic N) is 1. The third kappa shape index (κ3) is 2.92. The number of anilines is 1. The summed E-state index contributed by atoms with van der Waals surface area (Å²) < 4.78 is 5.59. The number of carbonyl (C=O) groups is 3. The van der Waals surface area contributed by atoms with Crippen LogP contribution in [0.25, 0.3) is 0 Å². The molecule has 4 rings (SSSR count). The molecule has 2 atom stereocenters. The maximum Gasteiger partial charge on any atom is 0.344 e. The van der Waals surface area contributed by atoms with Crippen LogP contribution >= 0.6 is 11.8 Å². The lowest BCUT2D eigenvalue weighted by Gasteiger charge is -2.29. The zero-order chi connectivity index (χ0) is 19.9. The Balaban J connectivity index is 1.54. The van der Waals surface area contributed by atoms with Crippen LogP contribution in [0.15, 0.2) is 53.4 Å². The molecule has 28 heavy (non-hydrogen) atoms. The summed E-state index contributed by atoms with van der Waals surface area (Å²) in [6, 6.07) is 14.8. The Hall–Kier alpha value is -2.60. The predicted octanol–water partition coefficient (Wildman–Crippen LogP) is 3.99. The summed E-state index contributed by atoms with van der Waals surface area (Å²) >= 11 is 1.34. The monoisotopic (exact) mass is 395 g/mol. The molecule has 0 saturated carbocycles. The van der Waals surface area contributed by atoms with Gasteiger partial charge >= 0.3 is 5.97 Å². The Morgan fingerprint density at radius 1 is 1.18 bits per heavy atom. The standard InChI is InChI=1S/C22H21NO4S/c1-3-15-8-10-16(11-9-15)20(25)14(2)27-21(26)22-13-12-19(24)23(22)17-6-4-5-7-18(17)28-22/h4-11,14H,3,12-13H2,1-2H3. The first-order valence-electron chi connectivity index (χ1n) is 9.41. The van der Waals surface area contributed by atoms with Crippen molar-refractivity contribution in [1.29, 1.82) is 0 Å². The molecule has 2 aromatic rings. The first kappa shape index (κ1) is 18.7. The minimum Gasteiger partial charge on any atom is -0.452 e. The molecule has 0 aliphatic carbocycles. The van der Waals surface area contributed by atoms with Crippen LogP contribution < -0.4 is 4.90 Å². The van der Waals surface area contributed by atoms with Crippen molar-refractivity contribution in [1.82, 2.24) is 0 Å². The molecule has 1 fully saturated rings. The number of esters is 1. The van der Waals surface area contributed by atoms with E-state index in [2.05, 4.69) is 0 Å². The molecule has 0 radical (unpaired) electrons. The van der Waals surface area contributed by atoms with Crippen LogP contribution in [0.4, 0.5) is 5.69 Å². The van der Waals surface area contributed by atoms with E-state index in [-0.39, 0.29) is 18.1 Å². The summed E-state index contributed by atoms with van der Waals surface area (Å²) in [5.41, 5.74) is 2.39. The van der Waals surface area contributed by atoms with Gasteiger partial charge in [-0.05, 0) is 31.0 Å². The summed E-state index contributed by atoms with van der Waals surface area (Å²) in [7, 11) is 0. The highest BCUT2D eigenvalue weighted by molar-refractivity contribution is 8.02. The fourth-order valence-electron chi connectivity index (χ4n) is 3.72. The van der Waals surface area contributed by atoms with Crippen LogP contribution in [-0.4, -0.2) is 28.6 Å². The lowest BCUT2D eigenvalue weighted by atomic mass is 10.0. The van der Waals surface area contributed by atoms with Crippen LogP contribution in [-0.2, 0) is 20.7 Å². The average Bonchev–Trinajstić information content (AvgIpc) is 3.23. The number of ether oxygens (including phenoxy) is 1. The molecule has 2 aromatic carbocycles. The third-order valence-corrected chi connectivity index (χ3v) is 6.75. The van der Waals surface area contributed by atoms with Crippen molar-refractivity contribution >= 4 is 35.1 Å². The van der Waals surface area contributed by atoms with Crippen LogP contribution in [0.1, 0.15) is 42.6 Å². The molecule has 2 heterocycles. The highest BCUT2D eigenvalue weighted by Crippen LogP contribution is 2.56. The molecular weight excluding hydrogens is 374 g/mol. The molecule has 2 aliphatic heterocycles. The molecule has 6 heteroatoms. The highest BCUT2D eigenvalue weighted by Gasteiger charge is 2.58. The summed E-state index contributed by atoms with van der Waals surface area (Å²) in [5.74, 6) is -0.877. The number of amides is 1. The van der Waals surface area contributed by atoms with Gasteiger partial charge in [0.25, 0.3) is 0 Å². The Morgan fingerprint density at radius 2 is 1.89 bits per heavy atom.